The van der Waals surface area contributed by atoms with Gasteiger partial charge in [0.25, 0.3) is 0 Å². The molecule has 0 N–H and O–H groups in total. The summed E-state index contributed by atoms with van der Waals surface area (Å²) in [4.78, 5) is 12.8. The molecule has 0 bridgehead atoms. The van der Waals surface area contributed by atoms with Crippen LogP contribution in [0.1, 0.15) is 24.5 Å². The van der Waals surface area contributed by atoms with Crippen molar-refractivity contribution in [2.24, 2.45) is 5.10 Å². The average Bonchev–Trinajstić information content (AvgIpc) is 2.96. The summed E-state index contributed by atoms with van der Waals surface area (Å²) in [5, 5.41) is 6.01. The van der Waals surface area contributed by atoms with Crippen molar-refractivity contribution in [3.63, 3.8) is 0 Å². The smallest absolute Gasteiger partial charge is 0.247 e. The van der Waals surface area contributed by atoms with Gasteiger partial charge in [-0.1, -0.05) is 43.3 Å². The van der Waals surface area contributed by atoms with Gasteiger partial charge in [0.2, 0.25) is 5.91 Å². The SMILES string of the molecule is CCCN1N=Cc2cc(-c3ccccc3OC)c(-c3ccccc3OC)cc2CC1=O. The van der Waals surface area contributed by atoms with Crippen LogP contribution in [-0.4, -0.2) is 37.9 Å². The van der Waals surface area contributed by atoms with Crippen molar-refractivity contribution in [3.05, 3.63) is 71.8 Å². The van der Waals surface area contributed by atoms with Crippen LogP contribution in [0, 0.1) is 0 Å². The second-order valence-electron chi connectivity index (χ2n) is 7.44. The highest BCUT2D eigenvalue weighted by atomic mass is 16.5. The quantitative estimate of drug-likeness (QED) is 0.559. The second kappa shape index (κ2) is 9.04. The molecule has 0 atom stereocenters. The molecule has 0 saturated carbocycles. The van der Waals surface area contributed by atoms with Gasteiger partial charge in [0.05, 0.1) is 26.9 Å². The number of methoxy groups -OCH3 is 2. The molecule has 3 aromatic carbocycles. The normalized spacial score (nSPS) is 13.0. The molecule has 3 aromatic rings. The van der Waals surface area contributed by atoms with E-state index in [1.165, 1.54) is 0 Å². The van der Waals surface area contributed by atoms with Crippen molar-refractivity contribution in [1.82, 2.24) is 5.01 Å². The Bertz CT molecular complexity index is 1140. The predicted octanol–water partition coefficient (Wildman–Crippen LogP) is 5.17. The molecule has 0 radical (unpaired) electrons. The van der Waals surface area contributed by atoms with E-state index in [0.29, 0.717) is 13.0 Å². The number of fused-ring (bicyclic) bond motifs is 1. The van der Waals surface area contributed by atoms with Crippen LogP contribution >= 0.6 is 0 Å². The molecule has 1 amide bonds. The second-order valence-corrected chi connectivity index (χ2v) is 7.44. The summed E-state index contributed by atoms with van der Waals surface area (Å²) in [5.41, 5.74) is 5.82. The van der Waals surface area contributed by atoms with Gasteiger partial charge in [-0.3, -0.25) is 4.79 Å². The number of para-hydroxylation sites is 2. The van der Waals surface area contributed by atoms with Crippen molar-refractivity contribution < 1.29 is 14.3 Å². The first-order valence-corrected chi connectivity index (χ1v) is 10.4. The minimum Gasteiger partial charge on any atom is -0.496 e. The Morgan fingerprint density at radius 1 is 0.871 bits per heavy atom. The number of nitrogens with zero attached hydrogens (tertiary/aromatic N) is 2. The Kier molecular flexibility index (Phi) is 6.03. The lowest BCUT2D eigenvalue weighted by molar-refractivity contribution is -0.130. The van der Waals surface area contributed by atoms with Crippen molar-refractivity contribution in [2.45, 2.75) is 19.8 Å². The highest BCUT2D eigenvalue weighted by Gasteiger charge is 2.22. The number of rotatable bonds is 6. The molecule has 0 aliphatic carbocycles. The third kappa shape index (κ3) is 4.04. The fraction of sp³-hybridized carbons (Fsp3) is 0.231. The van der Waals surface area contributed by atoms with E-state index in [2.05, 4.69) is 17.2 Å². The number of hydrogen-bond acceptors (Lipinski definition) is 4. The van der Waals surface area contributed by atoms with Crippen LogP contribution < -0.4 is 9.47 Å². The third-order valence-electron chi connectivity index (χ3n) is 5.47. The van der Waals surface area contributed by atoms with E-state index in [1.807, 2.05) is 55.5 Å². The topological polar surface area (TPSA) is 51.1 Å². The molecule has 0 saturated heterocycles. The zero-order valence-corrected chi connectivity index (χ0v) is 18.1. The maximum atomic E-state index is 12.8. The first-order chi connectivity index (χ1) is 15.2. The fourth-order valence-corrected chi connectivity index (χ4v) is 3.96. The van der Waals surface area contributed by atoms with Crippen LogP contribution in [0.4, 0.5) is 0 Å². The number of hydrogen-bond donors (Lipinski definition) is 0. The maximum Gasteiger partial charge on any atom is 0.247 e. The van der Waals surface area contributed by atoms with Gasteiger partial charge in [-0.2, -0.15) is 5.10 Å². The zero-order valence-electron chi connectivity index (χ0n) is 18.1. The number of ether oxygens (including phenoxy) is 2. The summed E-state index contributed by atoms with van der Waals surface area (Å²) >= 11 is 0. The van der Waals surface area contributed by atoms with Crippen LogP contribution in [0.15, 0.2) is 65.8 Å². The number of hydrazone groups is 1. The van der Waals surface area contributed by atoms with E-state index in [-0.39, 0.29) is 5.91 Å². The molecular weight excluding hydrogens is 388 g/mol. The molecule has 1 aliphatic heterocycles. The molecule has 1 heterocycles. The summed E-state index contributed by atoms with van der Waals surface area (Å²) in [7, 11) is 3.34. The standard InChI is InChI=1S/C26H26N2O3/c1-4-13-28-26(29)16-18-14-22(20-9-5-7-11-24(20)30-2)23(15-19(18)17-27-28)21-10-6-8-12-25(21)31-3/h5-12,14-15,17H,4,13,16H2,1-3H3. The van der Waals surface area contributed by atoms with Gasteiger partial charge >= 0.3 is 0 Å². The van der Waals surface area contributed by atoms with Crippen LogP contribution in [-0.2, 0) is 11.2 Å². The molecule has 4 rings (SSSR count). The van der Waals surface area contributed by atoms with Gasteiger partial charge < -0.3 is 9.47 Å². The maximum absolute atomic E-state index is 12.8. The number of amides is 1. The van der Waals surface area contributed by atoms with Crippen molar-refractivity contribution >= 4 is 12.1 Å². The first-order valence-electron chi connectivity index (χ1n) is 10.4. The van der Waals surface area contributed by atoms with Gasteiger partial charge in [0.1, 0.15) is 11.5 Å². The third-order valence-corrected chi connectivity index (χ3v) is 5.47. The molecule has 0 unspecified atom stereocenters. The Morgan fingerprint density at radius 3 is 2.03 bits per heavy atom. The Morgan fingerprint density at radius 2 is 1.45 bits per heavy atom. The zero-order chi connectivity index (χ0) is 21.8. The summed E-state index contributed by atoms with van der Waals surface area (Å²) < 4.78 is 11.3. The number of carbonyl (C=O) groups excluding carboxylic acids is 1. The number of carbonyl (C=O) groups is 1. The van der Waals surface area contributed by atoms with Gasteiger partial charge in [-0.25, -0.2) is 5.01 Å². The molecule has 1 aliphatic rings. The van der Waals surface area contributed by atoms with Gasteiger partial charge in [0, 0.05) is 17.7 Å². The van der Waals surface area contributed by atoms with Crippen molar-refractivity contribution in [1.29, 1.82) is 0 Å². The van der Waals surface area contributed by atoms with E-state index in [1.54, 1.807) is 25.4 Å². The monoisotopic (exact) mass is 414 g/mol. The average molecular weight is 415 g/mol. The molecule has 0 fully saturated rings. The van der Waals surface area contributed by atoms with Crippen LogP contribution in [0.3, 0.4) is 0 Å². The van der Waals surface area contributed by atoms with Crippen molar-refractivity contribution in [2.75, 3.05) is 20.8 Å². The Balaban J connectivity index is 1.96. The molecule has 0 spiro atoms. The molecule has 158 valence electrons. The van der Waals surface area contributed by atoms with Crippen LogP contribution in [0.2, 0.25) is 0 Å². The number of benzene rings is 3. The van der Waals surface area contributed by atoms with E-state index in [9.17, 15) is 4.79 Å². The van der Waals surface area contributed by atoms with E-state index in [0.717, 1.165) is 51.3 Å². The van der Waals surface area contributed by atoms with Gasteiger partial charge in [0.15, 0.2) is 0 Å². The van der Waals surface area contributed by atoms with Gasteiger partial charge in [-0.05, 0) is 52.9 Å². The molecular formula is C26H26N2O3. The van der Waals surface area contributed by atoms with E-state index in [4.69, 9.17) is 9.47 Å². The lowest BCUT2D eigenvalue weighted by atomic mass is 9.88. The Labute approximate surface area is 182 Å². The lowest BCUT2D eigenvalue weighted by Crippen LogP contribution is -2.27. The van der Waals surface area contributed by atoms with E-state index < -0.39 is 0 Å². The summed E-state index contributed by atoms with van der Waals surface area (Å²) in [6, 6.07) is 20.1. The minimum absolute atomic E-state index is 0.00729. The van der Waals surface area contributed by atoms with Crippen LogP contribution in [0.5, 0.6) is 11.5 Å². The first kappa shape index (κ1) is 20.7. The summed E-state index contributed by atoms with van der Waals surface area (Å²) in [6.45, 7) is 2.66. The largest absolute Gasteiger partial charge is 0.496 e. The molecule has 31 heavy (non-hydrogen) atoms. The highest BCUT2D eigenvalue weighted by molar-refractivity contribution is 5.96. The molecule has 5 heteroatoms. The summed E-state index contributed by atoms with van der Waals surface area (Å²) in [5.74, 6) is 1.57. The molecule has 0 aromatic heterocycles. The minimum atomic E-state index is 0.00729. The van der Waals surface area contributed by atoms with Gasteiger partial charge in [-0.15, -0.1) is 0 Å². The fourth-order valence-electron chi connectivity index (χ4n) is 3.96. The molecule has 5 nitrogen and oxygen atoms in total. The highest BCUT2D eigenvalue weighted by Crippen LogP contribution is 2.42. The Hall–Kier alpha value is -3.60. The lowest BCUT2D eigenvalue weighted by Gasteiger charge is -2.18. The summed E-state index contributed by atoms with van der Waals surface area (Å²) in [6.07, 6.45) is 2.96. The van der Waals surface area contributed by atoms with E-state index >= 15 is 0 Å². The van der Waals surface area contributed by atoms with Crippen molar-refractivity contribution in [3.8, 4) is 33.8 Å². The predicted molar refractivity (Wildman–Crippen MR) is 124 cm³/mol. The van der Waals surface area contributed by atoms with Crippen LogP contribution in [0.25, 0.3) is 22.3 Å².